The van der Waals surface area contributed by atoms with E-state index in [4.69, 9.17) is 4.74 Å². The Kier molecular flexibility index (Phi) is 4.79. The maximum atomic E-state index is 5.81. The molecule has 4 nitrogen and oxygen atoms in total. The van der Waals surface area contributed by atoms with Crippen LogP contribution in [0.15, 0.2) is 6.33 Å². The molecule has 100 valence electrons. The fraction of sp³-hybridized carbons (Fsp3) is 0.714. The number of nitrogens with one attached hydrogen (secondary N) is 1. The van der Waals surface area contributed by atoms with Gasteiger partial charge in [0.25, 0.3) is 0 Å². The summed E-state index contributed by atoms with van der Waals surface area (Å²) in [4.78, 5) is 8.56. The predicted octanol–water partition coefficient (Wildman–Crippen LogP) is 3.04. The molecule has 0 radical (unpaired) electrons. The molecule has 18 heavy (non-hydrogen) atoms. The average molecular weight is 249 g/mol. The molecule has 1 saturated carbocycles. The molecule has 1 fully saturated rings. The van der Waals surface area contributed by atoms with Gasteiger partial charge in [0.05, 0.1) is 12.2 Å². The largest absolute Gasteiger partial charge is 0.477 e. The Labute approximate surface area is 109 Å². The minimum absolute atomic E-state index is 0.756. The number of hydrogen-bond acceptors (Lipinski definition) is 4. The van der Waals surface area contributed by atoms with E-state index in [1.807, 2.05) is 0 Å². The molecule has 0 unspecified atom stereocenters. The van der Waals surface area contributed by atoms with E-state index in [1.165, 1.54) is 12.8 Å². The third-order valence-electron chi connectivity index (χ3n) is 3.26. The van der Waals surface area contributed by atoms with Gasteiger partial charge in [0.2, 0.25) is 5.88 Å². The number of anilines is 1. The van der Waals surface area contributed by atoms with Crippen molar-refractivity contribution >= 4 is 5.82 Å². The maximum Gasteiger partial charge on any atom is 0.221 e. The van der Waals surface area contributed by atoms with Crippen LogP contribution in [0.5, 0.6) is 5.88 Å². The first-order valence-electron chi connectivity index (χ1n) is 7.05. The van der Waals surface area contributed by atoms with Crippen LogP contribution in [0.2, 0.25) is 0 Å². The second-order valence-electron chi connectivity index (χ2n) is 4.87. The zero-order valence-electron chi connectivity index (χ0n) is 11.4. The van der Waals surface area contributed by atoms with Gasteiger partial charge in [0.15, 0.2) is 0 Å². The van der Waals surface area contributed by atoms with Gasteiger partial charge in [-0.2, -0.15) is 0 Å². The number of rotatable bonds is 8. The van der Waals surface area contributed by atoms with Crippen molar-refractivity contribution in [2.75, 3.05) is 18.5 Å². The lowest BCUT2D eigenvalue weighted by Crippen LogP contribution is -2.09. The molecule has 1 aromatic heterocycles. The molecule has 0 saturated heterocycles. The molecule has 1 aliphatic rings. The van der Waals surface area contributed by atoms with Crippen molar-refractivity contribution < 1.29 is 4.74 Å². The average Bonchev–Trinajstić information content (AvgIpc) is 3.20. The van der Waals surface area contributed by atoms with Crippen LogP contribution in [0.3, 0.4) is 0 Å². The summed E-state index contributed by atoms with van der Waals surface area (Å²) >= 11 is 0. The molecule has 1 heterocycles. The molecular weight excluding hydrogens is 226 g/mol. The monoisotopic (exact) mass is 249 g/mol. The zero-order valence-corrected chi connectivity index (χ0v) is 11.4. The highest BCUT2D eigenvalue weighted by molar-refractivity contribution is 5.48. The molecule has 0 aliphatic heterocycles. The van der Waals surface area contributed by atoms with Crippen LogP contribution in [0.1, 0.15) is 45.1 Å². The van der Waals surface area contributed by atoms with Crippen LogP contribution in [0, 0.1) is 5.92 Å². The van der Waals surface area contributed by atoms with E-state index in [2.05, 4.69) is 29.1 Å². The molecule has 4 heteroatoms. The quantitative estimate of drug-likeness (QED) is 0.769. The molecule has 1 aliphatic carbocycles. The maximum absolute atomic E-state index is 5.81. The van der Waals surface area contributed by atoms with E-state index in [0.29, 0.717) is 0 Å². The molecule has 0 aromatic carbocycles. The topological polar surface area (TPSA) is 47.0 Å². The zero-order chi connectivity index (χ0) is 12.8. The van der Waals surface area contributed by atoms with Crippen molar-refractivity contribution in [1.29, 1.82) is 0 Å². The smallest absolute Gasteiger partial charge is 0.221 e. The van der Waals surface area contributed by atoms with E-state index in [0.717, 1.165) is 55.6 Å². The van der Waals surface area contributed by atoms with Gasteiger partial charge < -0.3 is 10.1 Å². The van der Waals surface area contributed by atoms with E-state index < -0.39 is 0 Å². The van der Waals surface area contributed by atoms with Crippen molar-refractivity contribution in [2.45, 2.75) is 46.0 Å². The van der Waals surface area contributed by atoms with Gasteiger partial charge >= 0.3 is 0 Å². The van der Waals surface area contributed by atoms with Crippen LogP contribution < -0.4 is 10.1 Å². The lowest BCUT2D eigenvalue weighted by molar-refractivity contribution is 0.288. The summed E-state index contributed by atoms with van der Waals surface area (Å²) in [5, 5.41) is 3.33. The number of nitrogens with zero attached hydrogens (tertiary/aromatic N) is 2. The van der Waals surface area contributed by atoms with E-state index in [-0.39, 0.29) is 0 Å². The van der Waals surface area contributed by atoms with Crippen molar-refractivity contribution in [2.24, 2.45) is 5.92 Å². The Bertz CT molecular complexity index is 377. The summed E-state index contributed by atoms with van der Waals surface area (Å²) in [7, 11) is 0. The van der Waals surface area contributed by atoms with E-state index >= 15 is 0 Å². The molecule has 2 rings (SSSR count). The van der Waals surface area contributed by atoms with Crippen LogP contribution in [-0.4, -0.2) is 23.1 Å². The highest BCUT2D eigenvalue weighted by atomic mass is 16.5. The third-order valence-corrected chi connectivity index (χ3v) is 3.26. The fourth-order valence-electron chi connectivity index (χ4n) is 1.96. The fourth-order valence-corrected chi connectivity index (χ4v) is 1.96. The third kappa shape index (κ3) is 3.59. The van der Waals surface area contributed by atoms with Crippen molar-refractivity contribution in [3.63, 3.8) is 0 Å². The first kappa shape index (κ1) is 13.1. The summed E-state index contributed by atoms with van der Waals surface area (Å²) in [5.74, 6) is 2.58. The van der Waals surface area contributed by atoms with Gasteiger partial charge in [0.1, 0.15) is 12.1 Å². The first-order chi connectivity index (χ1) is 8.85. The van der Waals surface area contributed by atoms with Gasteiger partial charge in [-0.25, -0.2) is 9.97 Å². The van der Waals surface area contributed by atoms with E-state index in [1.54, 1.807) is 6.33 Å². The van der Waals surface area contributed by atoms with Crippen LogP contribution in [0.4, 0.5) is 5.82 Å². The van der Waals surface area contributed by atoms with Gasteiger partial charge in [-0.3, -0.25) is 0 Å². The van der Waals surface area contributed by atoms with Crippen molar-refractivity contribution in [3.05, 3.63) is 11.9 Å². The van der Waals surface area contributed by atoms with Crippen molar-refractivity contribution in [1.82, 2.24) is 9.97 Å². The molecule has 0 spiro atoms. The summed E-state index contributed by atoms with van der Waals surface area (Å²) in [6.07, 6.45) is 7.47. The lowest BCUT2D eigenvalue weighted by atomic mass is 10.2. The molecule has 0 amide bonds. The molecule has 0 bridgehead atoms. The van der Waals surface area contributed by atoms with Crippen LogP contribution in [0.25, 0.3) is 0 Å². The van der Waals surface area contributed by atoms with Gasteiger partial charge in [0, 0.05) is 6.54 Å². The summed E-state index contributed by atoms with van der Waals surface area (Å²) in [6.45, 7) is 5.98. The molecule has 1 N–H and O–H groups in total. The lowest BCUT2D eigenvalue weighted by Gasteiger charge is -2.13. The van der Waals surface area contributed by atoms with Crippen LogP contribution >= 0.6 is 0 Å². The minimum Gasteiger partial charge on any atom is -0.477 e. The van der Waals surface area contributed by atoms with Gasteiger partial charge in [-0.15, -0.1) is 0 Å². The highest BCUT2D eigenvalue weighted by Gasteiger charge is 2.21. The summed E-state index contributed by atoms with van der Waals surface area (Å²) in [5.41, 5.74) is 1.10. The number of ether oxygens (including phenoxy) is 1. The van der Waals surface area contributed by atoms with E-state index in [9.17, 15) is 0 Å². The number of hydrogen-bond donors (Lipinski definition) is 1. The predicted molar refractivity (Wildman–Crippen MR) is 73.0 cm³/mol. The first-order valence-corrected chi connectivity index (χ1v) is 7.05. The van der Waals surface area contributed by atoms with Crippen LogP contribution in [-0.2, 0) is 6.42 Å². The standard InChI is InChI=1S/C14H23N3O/c1-3-8-15-13-12(4-2)14(17-10-16-13)18-9-7-11-5-6-11/h10-11H,3-9H2,1-2H3,(H,15,16,17). The summed E-state index contributed by atoms with van der Waals surface area (Å²) in [6, 6.07) is 0. The Hall–Kier alpha value is -1.32. The molecular formula is C14H23N3O. The van der Waals surface area contributed by atoms with Gasteiger partial charge in [-0.1, -0.05) is 26.7 Å². The van der Waals surface area contributed by atoms with Gasteiger partial charge in [-0.05, 0) is 25.2 Å². The second-order valence-corrected chi connectivity index (χ2v) is 4.87. The number of aromatic nitrogens is 2. The molecule has 0 atom stereocenters. The Balaban J connectivity index is 1.97. The minimum atomic E-state index is 0.756. The summed E-state index contributed by atoms with van der Waals surface area (Å²) < 4.78 is 5.81. The Morgan fingerprint density at radius 3 is 2.83 bits per heavy atom. The SMILES string of the molecule is CCCNc1ncnc(OCCC2CC2)c1CC. The highest BCUT2D eigenvalue weighted by Crippen LogP contribution is 2.32. The Morgan fingerprint density at radius 1 is 1.33 bits per heavy atom. The Morgan fingerprint density at radius 2 is 2.17 bits per heavy atom. The second kappa shape index (κ2) is 6.57. The molecule has 1 aromatic rings. The van der Waals surface area contributed by atoms with Crippen molar-refractivity contribution in [3.8, 4) is 5.88 Å². The normalized spacial score (nSPS) is 14.6.